The van der Waals surface area contributed by atoms with Crippen molar-refractivity contribution in [3.8, 4) is 0 Å². The van der Waals surface area contributed by atoms with Crippen LogP contribution in [0.15, 0.2) is 85.1 Å². The summed E-state index contributed by atoms with van der Waals surface area (Å²) in [5.41, 5.74) is 3.36. The van der Waals surface area contributed by atoms with Crippen molar-refractivity contribution in [2.24, 2.45) is 5.92 Å². The number of aliphatic hydroxyl groups excluding tert-OH is 1. The molecule has 3 aliphatic rings. The van der Waals surface area contributed by atoms with Crippen LogP contribution in [0.2, 0.25) is 18.6 Å². The lowest BCUT2D eigenvalue weighted by atomic mass is 9.82. The zero-order chi connectivity index (χ0) is 35.0. The zero-order valence-corrected chi connectivity index (χ0v) is 29.8. The van der Waals surface area contributed by atoms with E-state index in [0.717, 1.165) is 41.8 Å². The van der Waals surface area contributed by atoms with E-state index in [1.54, 1.807) is 9.58 Å². The van der Waals surface area contributed by atoms with Crippen molar-refractivity contribution in [2.45, 2.75) is 81.6 Å². The average Bonchev–Trinajstić information content (AvgIpc) is 3.90. The molecule has 11 nitrogen and oxygen atoms in total. The van der Waals surface area contributed by atoms with Crippen LogP contribution < -0.4 is 15.5 Å². The fourth-order valence-electron chi connectivity index (χ4n) is 8.42. The monoisotopic (exact) mass is 694 g/mol. The fraction of sp³-hybridized carbons (Fsp3) is 0.421. The Balaban J connectivity index is 1.12. The van der Waals surface area contributed by atoms with Gasteiger partial charge in [-0.05, 0) is 68.2 Å². The molecule has 262 valence electrons. The number of carbonyl (C=O) groups is 2. The molecule has 50 heavy (non-hydrogen) atoms. The predicted molar refractivity (Wildman–Crippen MR) is 193 cm³/mol. The summed E-state index contributed by atoms with van der Waals surface area (Å²) in [4.78, 5) is 41.0. The smallest absolute Gasteiger partial charge is 0.264 e. The molecule has 0 aliphatic carbocycles. The number of aryl methyl sites for hydroxylation is 1. The maximum atomic E-state index is 14.8. The maximum absolute atomic E-state index is 14.8. The Morgan fingerprint density at radius 3 is 2.64 bits per heavy atom. The quantitative estimate of drug-likeness (QED) is 0.168. The second-order valence-electron chi connectivity index (χ2n) is 14.4. The largest absolute Gasteiger partial charge is 0.432 e. The third kappa shape index (κ3) is 6.30. The van der Waals surface area contributed by atoms with E-state index in [0.29, 0.717) is 30.9 Å². The van der Waals surface area contributed by atoms with Crippen LogP contribution in [-0.2, 0) is 33.0 Å². The summed E-state index contributed by atoms with van der Waals surface area (Å²) in [5, 5.41) is 25.2. The summed E-state index contributed by atoms with van der Waals surface area (Å²) in [6, 6.07) is 25.0. The number of rotatable bonds is 11. The molecule has 0 radical (unpaired) electrons. The number of carbonyl (C=O) groups excluding carboxylic acids is 2. The standard InChI is InChI=1S/C38H46N6O5Si/c1-25-35(50(2,3)48)34(18-20-43-23-32(41-42-43)29(24-45)27-12-5-4-6-13-27)49-38(25)30-15-7-8-17-33(30)44(37(38)47)22-26-11-9-14-28(21-26)40-36(46)31-16-10-19-39-31/h4-9,11-15,17,21,23,25,29,31,34-35,39,45,48H,10,16,18-20,22,24H2,1-3H3,(H,40,46)/t25-,29?,31-,34+,35-,38+/m1/s1. The molecule has 1 aromatic heterocycles. The van der Waals surface area contributed by atoms with Gasteiger partial charge in [0, 0.05) is 35.5 Å². The van der Waals surface area contributed by atoms with Crippen LogP contribution in [0.1, 0.15) is 54.5 Å². The minimum Gasteiger partial charge on any atom is -0.432 e. The predicted octanol–water partition coefficient (Wildman–Crippen LogP) is 4.53. The first-order valence-corrected chi connectivity index (χ1v) is 20.6. The Bertz CT molecular complexity index is 1840. The van der Waals surface area contributed by atoms with Crippen molar-refractivity contribution in [1.29, 1.82) is 0 Å². The molecule has 4 N–H and O–H groups in total. The first-order valence-electron chi connectivity index (χ1n) is 17.6. The first-order chi connectivity index (χ1) is 24.1. The molecule has 0 bridgehead atoms. The van der Waals surface area contributed by atoms with Crippen LogP contribution >= 0.6 is 0 Å². The van der Waals surface area contributed by atoms with Gasteiger partial charge < -0.3 is 30.2 Å². The summed E-state index contributed by atoms with van der Waals surface area (Å²) in [7, 11) is -2.85. The molecule has 0 saturated carbocycles. The number of nitrogens with zero attached hydrogens (tertiary/aromatic N) is 4. The van der Waals surface area contributed by atoms with Gasteiger partial charge in [-0.15, -0.1) is 5.10 Å². The molecule has 2 fully saturated rings. The van der Waals surface area contributed by atoms with E-state index in [1.165, 1.54) is 0 Å². The summed E-state index contributed by atoms with van der Waals surface area (Å²) in [6.45, 7) is 7.43. The summed E-state index contributed by atoms with van der Waals surface area (Å²) in [5.74, 6) is -0.759. The van der Waals surface area contributed by atoms with Crippen molar-refractivity contribution >= 4 is 31.5 Å². The Kier molecular flexibility index (Phi) is 9.48. The van der Waals surface area contributed by atoms with Gasteiger partial charge in [-0.25, -0.2) is 0 Å². The highest BCUT2D eigenvalue weighted by Gasteiger charge is 2.66. The summed E-state index contributed by atoms with van der Waals surface area (Å²) < 4.78 is 8.74. The van der Waals surface area contributed by atoms with Crippen molar-refractivity contribution in [3.05, 3.63) is 107 Å². The minimum absolute atomic E-state index is 0.0474. The highest BCUT2D eigenvalue weighted by Crippen LogP contribution is 2.59. The number of para-hydroxylation sites is 1. The molecule has 3 aliphatic heterocycles. The number of amides is 2. The molecule has 12 heteroatoms. The Labute approximate surface area is 293 Å². The van der Waals surface area contributed by atoms with E-state index in [4.69, 9.17) is 4.74 Å². The number of anilines is 2. The van der Waals surface area contributed by atoms with E-state index >= 15 is 0 Å². The van der Waals surface area contributed by atoms with Crippen LogP contribution in [0, 0.1) is 5.92 Å². The second kappa shape index (κ2) is 13.8. The number of aromatic nitrogens is 3. The van der Waals surface area contributed by atoms with Crippen LogP contribution in [0.5, 0.6) is 0 Å². The SMILES string of the molecule is C[C@@H]1[C@@H]([Si](C)(C)O)[C@H](CCn2cc(C(CO)c3ccccc3)nn2)O[C@@]12C(=O)N(Cc1cccc(NC(=O)[C@H]3CCCN3)c1)c1ccccc12. The highest BCUT2D eigenvalue weighted by molar-refractivity contribution is 6.71. The number of nitrogens with one attached hydrogen (secondary N) is 2. The van der Waals surface area contributed by atoms with E-state index in [-0.39, 0.29) is 41.8 Å². The lowest BCUT2D eigenvalue weighted by Crippen LogP contribution is -2.46. The highest BCUT2D eigenvalue weighted by atomic mass is 28.4. The molecule has 4 heterocycles. The second-order valence-corrected chi connectivity index (χ2v) is 18.4. The fourth-order valence-corrected chi connectivity index (χ4v) is 11.0. The Morgan fingerprint density at radius 1 is 1.12 bits per heavy atom. The molecule has 6 atom stereocenters. The molecular weight excluding hydrogens is 649 g/mol. The lowest BCUT2D eigenvalue weighted by molar-refractivity contribution is -0.146. The van der Waals surface area contributed by atoms with Gasteiger partial charge in [-0.1, -0.05) is 72.8 Å². The normalized spacial score (nSPS) is 25.3. The van der Waals surface area contributed by atoms with E-state index < -0.39 is 20.0 Å². The van der Waals surface area contributed by atoms with Gasteiger partial charge in [0.1, 0.15) is 0 Å². The Hall–Kier alpha value is -4.20. The molecule has 3 aromatic carbocycles. The molecule has 1 unspecified atom stereocenters. The van der Waals surface area contributed by atoms with Crippen molar-refractivity contribution in [1.82, 2.24) is 20.3 Å². The third-order valence-corrected chi connectivity index (χ3v) is 13.2. The first kappa shape index (κ1) is 34.3. The van der Waals surface area contributed by atoms with Crippen molar-refractivity contribution < 1.29 is 24.2 Å². The topological polar surface area (TPSA) is 142 Å². The molecule has 1 spiro atoms. The van der Waals surface area contributed by atoms with Gasteiger partial charge in [0.05, 0.1) is 42.6 Å². The number of ether oxygens (including phenoxy) is 1. The van der Waals surface area contributed by atoms with E-state index in [1.807, 2.05) is 105 Å². The Morgan fingerprint density at radius 2 is 1.90 bits per heavy atom. The van der Waals surface area contributed by atoms with Gasteiger partial charge in [-0.2, -0.15) is 0 Å². The average molecular weight is 695 g/mol. The van der Waals surface area contributed by atoms with Crippen molar-refractivity contribution in [2.75, 3.05) is 23.4 Å². The van der Waals surface area contributed by atoms with Gasteiger partial charge >= 0.3 is 0 Å². The van der Waals surface area contributed by atoms with Crippen LogP contribution in [-0.4, -0.2) is 70.3 Å². The number of hydrogen-bond acceptors (Lipinski definition) is 8. The maximum Gasteiger partial charge on any atom is 0.264 e. The van der Waals surface area contributed by atoms with Gasteiger partial charge in [-0.3, -0.25) is 14.3 Å². The van der Waals surface area contributed by atoms with Gasteiger partial charge in [0.2, 0.25) is 5.91 Å². The number of hydrogen-bond donors (Lipinski definition) is 4. The molecule has 7 rings (SSSR count). The van der Waals surface area contributed by atoms with E-state index in [9.17, 15) is 19.5 Å². The third-order valence-electron chi connectivity index (χ3n) is 10.7. The number of benzene rings is 3. The van der Waals surface area contributed by atoms with Crippen molar-refractivity contribution in [3.63, 3.8) is 0 Å². The number of aliphatic hydroxyl groups is 1. The van der Waals surface area contributed by atoms with Crippen LogP contribution in [0.4, 0.5) is 11.4 Å². The van der Waals surface area contributed by atoms with Gasteiger partial charge in [0.15, 0.2) is 13.9 Å². The molecule has 4 aromatic rings. The summed E-state index contributed by atoms with van der Waals surface area (Å²) in [6.07, 6.45) is 3.79. The minimum atomic E-state index is -2.85. The number of fused-ring (bicyclic) bond motifs is 2. The summed E-state index contributed by atoms with van der Waals surface area (Å²) >= 11 is 0. The molecule has 2 amide bonds. The lowest BCUT2D eigenvalue weighted by Gasteiger charge is -2.32. The van der Waals surface area contributed by atoms with Crippen LogP contribution in [0.25, 0.3) is 0 Å². The molecule has 2 saturated heterocycles. The zero-order valence-electron chi connectivity index (χ0n) is 28.8. The van der Waals surface area contributed by atoms with E-state index in [2.05, 4.69) is 20.9 Å². The molecular formula is C38H46N6O5Si. The van der Waals surface area contributed by atoms with Gasteiger partial charge in [0.25, 0.3) is 5.91 Å². The van der Waals surface area contributed by atoms with Crippen LogP contribution in [0.3, 0.4) is 0 Å².